The first-order chi connectivity index (χ1) is 9.76. The van der Waals surface area contributed by atoms with Crippen molar-refractivity contribution in [2.75, 3.05) is 25.1 Å². The van der Waals surface area contributed by atoms with E-state index in [2.05, 4.69) is 5.32 Å². The molecular weight excluding hydrogens is 254 g/mol. The zero-order valence-corrected chi connectivity index (χ0v) is 12.6. The van der Waals surface area contributed by atoms with Crippen molar-refractivity contribution < 1.29 is 14.2 Å². The summed E-state index contributed by atoms with van der Waals surface area (Å²) in [5.41, 5.74) is 1.08. The molecule has 0 bridgehead atoms. The fraction of sp³-hybridized carbons (Fsp3) is 0.625. The highest BCUT2D eigenvalue weighted by atomic mass is 16.5. The SMILES string of the molecule is CCOc1ccc(NC2CC(OCC)C2)cc1OCC. The van der Waals surface area contributed by atoms with Gasteiger partial charge in [0.2, 0.25) is 0 Å². The molecule has 1 N–H and O–H groups in total. The molecule has 112 valence electrons. The van der Waals surface area contributed by atoms with Gasteiger partial charge in [-0.3, -0.25) is 0 Å². The van der Waals surface area contributed by atoms with Crippen LogP contribution in [0.3, 0.4) is 0 Å². The number of hydrogen-bond donors (Lipinski definition) is 1. The highest BCUT2D eigenvalue weighted by Crippen LogP contribution is 2.33. The van der Waals surface area contributed by atoms with Gasteiger partial charge in [-0.05, 0) is 45.7 Å². The summed E-state index contributed by atoms with van der Waals surface area (Å²) in [6.07, 6.45) is 2.57. The van der Waals surface area contributed by atoms with Crippen LogP contribution in [0.2, 0.25) is 0 Å². The van der Waals surface area contributed by atoms with E-state index in [0.717, 1.165) is 36.6 Å². The van der Waals surface area contributed by atoms with Crippen molar-refractivity contribution in [3.05, 3.63) is 18.2 Å². The van der Waals surface area contributed by atoms with Gasteiger partial charge >= 0.3 is 0 Å². The van der Waals surface area contributed by atoms with Gasteiger partial charge in [0.05, 0.1) is 19.3 Å². The maximum absolute atomic E-state index is 5.63. The minimum atomic E-state index is 0.423. The van der Waals surface area contributed by atoms with E-state index < -0.39 is 0 Å². The predicted molar refractivity (Wildman–Crippen MR) is 80.8 cm³/mol. The summed E-state index contributed by atoms with van der Waals surface area (Å²) >= 11 is 0. The first kappa shape index (κ1) is 15.0. The molecule has 4 heteroatoms. The highest BCUT2D eigenvalue weighted by molar-refractivity contribution is 5.55. The van der Waals surface area contributed by atoms with Gasteiger partial charge in [-0.15, -0.1) is 0 Å². The third kappa shape index (κ3) is 3.79. The highest BCUT2D eigenvalue weighted by Gasteiger charge is 2.29. The third-order valence-corrected chi connectivity index (χ3v) is 3.41. The Morgan fingerprint density at radius 3 is 2.35 bits per heavy atom. The lowest BCUT2D eigenvalue weighted by atomic mass is 9.89. The molecule has 0 heterocycles. The van der Waals surface area contributed by atoms with Gasteiger partial charge in [0, 0.05) is 24.4 Å². The van der Waals surface area contributed by atoms with E-state index in [4.69, 9.17) is 14.2 Å². The molecule has 0 aliphatic heterocycles. The second kappa shape index (κ2) is 7.39. The smallest absolute Gasteiger partial charge is 0.163 e. The molecule has 4 nitrogen and oxygen atoms in total. The number of hydrogen-bond acceptors (Lipinski definition) is 4. The number of rotatable bonds is 8. The molecule has 1 saturated carbocycles. The maximum Gasteiger partial charge on any atom is 0.163 e. The van der Waals surface area contributed by atoms with E-state index in [1.54, 1.807) is 0 Å². The molecule has 0 aromatic heterocycles. The zero-order valence-electron chi connectivity index (χ0n) is 12.6. The van der Waals surface area contributed by atoms with Crippen LogP contribution in [0.4, 0.5) is 5.69 Å². The van der Waals surface area contributed by atoms with Crippen LogP contribution in [0, 0.1) is 0 Å². The summed E-state index contributed by atoms with van der Waals surface area (Å²) in [6.45, 7) is 8.08. The van der Waals surface area contributed by atoms with Gasteiger partial charge in [-0.2, -0.15) is 0 Å². The first-order valence-electron chi connectivity index (χ1n) is 7.54. The Labute approximate surface area is 121 Å². The number of ether oxygens (including phenoxy) is 3. The monoisotopic (exact) mass is 279 g/mol. The van der Waals surface area contributed by atoms with Crippen molar-refractivity contribution >= 4 is 5.69 Å². The standard InChI is InChI=1S/C16H25NO3/c1-4-18-14-9-13(10-14)17-12-7-8-15(19-5-2)16(11-12)20-6-3/h7-8,11,13-14,17H,4-6,9-10H2,1-3H3. The molecule has 0 atom stereocenters. The van der Waals surface area contributed by atoms with Crippen LogP contribution in [-0.2, 0) is 4.74 Å². The van der Waals surface area contributed by atoms with Crippen molar-refractivity contribution in [1.29, 1.82) is 0 Å². The molecule has 0 amide bonds. The van der Waals surface area contributed by atoms with Crippen LogP contribution in [0.1, 0.15) is 33.6 Å². The molecule has 0 saturated heterocycles. The Morgan fingerprint density at radius 1 is 1.00 bits per heavy atom. The Balaban J connectivity index is 1.93. The largest absolute Gasteiger partial charge is 0.490 e. The minimum absolute atomic E-state index is 0.423. The first-order valence-corrected chi connectivity index (χ1v) is 7.54. The zero-order chi connectivity index (χ0) is 14.4. The van der Waals surface area contributed by atoms with Gasteiger partial charge in [-0.25, -0.2) is 0 Å². The lowest BCUT2D eigenvalue weighted by Crippen LogP contribution is -2.40. The van der Waals surface area contributed by atoms with Crippen molar-refractivity contribution in [2.45, 2.75) is 45.8 Å². The second-order valence-corrected chi connectivity index (χ2v) is 4.92. The molecule has 0 unspecified atom stereocenters. The van der Waals surface area contributed by atoms with E-state index in [0.29, 0.717) is 25.4 Å². The maximum atomic E-state index is 5.63. The lowest BCUT2D eigenvalue weighted by molar-refractivity contribution is 0.00299. The average Bonchev–Trinajstić information content (AvgIpc) is 2.40. The Hall–Kier alpha value is -1.42. The summed E-state index contributed by atoms with van der Waals surface area (Å²) in [4.78, 5) is 0. The number of anilines is 1. The Morgan fingerprint density at radius 2 is 1.70 bits per heavy atom. The topological polar surface area (TPSA) is 39.7 Å². The Kier molecular flexibility index (Phi) is 5.53. The molecule has 1 aromatic rings. The van der Waals surface area contributed by atoms with Crippen molar-refractivity contribution in [3.8, 4) is 11.5 Å². The molecule has 20 heavy (non-hydrogen) atoms. The number of benzene rings is 1. The van der Waals surface area contributed by atoms with Crippen LogP contribution < -0.4 is 14.8 Å². The van der Waals surface area contributed by atoms with Crippen molar-refractivity contribution in [1.82, 2.24) is 0 Å². The van der Waals surface area contributed by atoms with Crippen LogP contribution in [-0.4, -0.2) is 32.0 Å². The fourth-order valence-electron chi connectivity index (χ4n) is 2.43. The van der Waals surface area contributed by atoms with E-state index in [1.807, 2.05) is 39.0 Å². The average molecular weight is 279 g/mol. The molecule has 2 rings (SSSR count). The third-order valence-electron chi connectivity index (χ3n) is 3.41. The van der Waals surface area contributed by atoms with E-state index >= 15 is 0 Å². The summed E-state index contributed by atoms with van der Waals surface area (Å²) in [7, 11) is 0. The van der Waals surface area contributed by atoms with Gasteiger partial charge in [0.15, 0.2) is 11.5 Å². The van der Waals surface area contributed by atoms with Gasteiger partial charge in [0.1, 0.15) is 0 Å². The molecule has 1 fully saturated rings. The Bertz CT molecular complexity index is 416. The molecule has 1 aliphatic carbocycles. The molecule has 1 aromatic carbocycles. The lowest BCUT2D eigenvalue weighted by Gasteiger charge is -2.36. The molecular formula is C16H25NO3. The van der Waals surface area contributed by atoms with Gasteiger partial charge in [0.25, 0.3) is 0 Å². The number of nitrogens with one attached hydrogen (secondary N) is 1. The van der Waals surface area contributed by atoms with E-state index in [9.17, 15) is 0 Å². The van der Waals surface area contributed by atoms with Crippen LogP contribution in [0.25, 0.3) is 0 Å². The summed E-state index contributed by atoms with van der Waals surface area (Å²) in [5.74, 6) is 1.61. The van der Waals surface area contributed by atoms with Crippen molar-refractivity contribution in [2.24, 2.45) is 0 Å². The van der Waals surface area contributed by atoms with E-state index in [-0.39, 0.29) is 0 Å². The summed E-state index contributed by atoms with van der Waals surface area (Å²) in [5, 5.41) is 3.52. The fourth-order valence-corrected chi connectivity index (χ4v) is 2.43. The van der Waals surface area contributed by atoms with Crippen molar-refractivity contribution in [3.63, 3.8) is 0 Å². The van der Waals surface area contributed by atoms with Crippen LogP contribution in [0.5, 0.6) is 11.5 Å². The summed E-state index contributed by atoms with van der Waals surface area (Å²) in [6, 6.07) is 6.53. The summed E-state index contributed by atoms with van der Waals surface area (Å²) < 4.78 is 16.8. The van der Waals surface area contributed by atoms with Crippen LogP contribution >= 0.6 is 0 Å². The minimum Gasteiger partial charge on any atom is -0.490 e. The van der Waals surface area contributed by atoms with Gasteiger partial charge in [-0.1, -0.05) is 0 Å². The predicted octanol–water partition coefficient (Wildman–Crippen LogP) is 3.46. The molecule has 1 aliphatic rings. The normalized spacial score (nSPS) is 21.1. The molecule has 0 spiro atoms. The van der Waals surface area contributed by atoms with E-state index in [1.165, 1.54) is 0 Å². The molecule has 0 radical (unpaired) electrons. The van der Waals surface area contributed by atoms with Crippen LogP contribution in [0.15, 0.2) is 18.2 Å². The van der Waals surface area contributed by atoms with Gasteiger partial charge < -0.3 is 19.5 Å². The quantitative estimate of drug-likeness (QED) is 0.791. The second-order valence-electron chi connectivity index (χ2n) is 4.92.